The molecule has 0 saturated heterocycles. The second-order valence-electron chi connectivity index (χ2n) is 6.15. The average Bonchev–Trinajstić information content (AvgIpc) is 3.03. The number of halogens is 1. The molecule has 1 aromatic rings. The zero-order valence-electron chi connectivity index (χ0n) is 11.6. The van der Waals surface area contributed by atoms with Crippen LogP contribution < -0.4 is 5.32 Å². The third-order valence-electron chi connectivity index (χ3n) is 4.84. The average molecular weight is 308 g/mol. The molecule has 2 aliphatic carbocycles. The van der Waals surface area contributed by atoms with Crippen molar-refractivity contribution in [3.63, 3.8) is 0 Å². The summed E-state index contributed by atoms with van der Waals surface area (Å²) >= 11 is 6.02. The summed E-state index contributed by atoms with van der Waals surface area (Å²) < 4.78 is 0. The lowest BCUT2D eigenvalue weighted by molar-refractivity contribution is -0.117. The van der Waals surface area contributed by atoms with Gasteiger partial charge in [-0.25, -0.2) is 4.79 Å². The number of nitrogens with one attached hydrogen (secondary N) is 1. The van der Waals surface area contributed by atoms with Gasteiger partial charge in [-0.3, -0.25) is 4.79 Å². The van der Waals surface area contributed by atoms with E-state index in [1.807, 2.05) is 0 Å². The molecule has 112 valence electrons. The molecule has 5 heteroatoms. The molecule has 3 unspecified atom stereocenters. The van der Waals surface area contributed by atoms with Crippen molar-refractivity contribution < 1.29 is 14.7 Å². The predicted octanol–water partition coefficient (Wildman–Crippen LogP) is 3.80. The molecule has 0 heterocycles. The molecular formula is C16H18ClNO3. The third kappa shape index (κ3) is 2.91. The van der Waals surface area contributed by atoms with E-state index in [0.29, 0.717) is 18.3 Å². The fourth-order valence-corrected chi connectivity index (χ4v) is 4.11. The third-order valence-corrected chi connectivity index (χ3v) is 5.16. The Morgan fingerprint density at radius 1 is 1.29 bits per heavy atom. The van der Waals surface area contributed by atoms with Crippen LogP contribution in [0.1, 0.15) is 42.5 Å². The van der Waals surface area contributed by atoms with Crippen LogP contribution in [0.5, 0.6) is 0 Å². The van der Waals surface area contributed by atoms with Crippen LogP contribution in [0.15, 0.2) is 18.2 Å². The highest BCUT2D eigenvalue weighted by atomic mass is 35.5. The van der Waals surface area contributed by atoms with Crippen LogP contribution in [0, 0.1) is 17.8 Å². The number of benzene rings is 1. The first-order chi connectivity index (χ1) is 10.0. The predicted molar refractivity (Wildman–Crippen MR) is 80.6 cm³/mol. The maximum atomic E-state index is 12.2. The summed E-state index contributed by atoms with van der Waals surface area (Å²) in [5, 5.41) is 12.1. The zero-order valence-corrected chi connectivity index (χ0v) is 12.4. The largest absolute Gasteiger partial charge is 0.478 e. The number of rotatable bonds is 4. The van der Waals surface area contributed by atoms with Crippen molar-refractivity contribution >= 4 is 29.2 Å². The molecule has 2 aliphatic rings. The van der Waals surface area contributed by atoms with Gasteiger partial charge >= 0.3 is 5.97 Å². The number of para-hydroxylation sites is 1. The maximum absolute atomic E-state index is 12.2. The normalized spacial score (nSPS) is 26.8. The first kappa shape index (κ1) is 14.4. The number of hydrogen-bond acceptors (Lipinski definition) is 2. The van der Waals surface area contributed by atoms with E-state index in [-0.39, 0.29) is 22.2 Å². The quantitative estimate of drug-likeness (QED) is 0.889. The van der Waals surface area contributed by atoms with Crippen LogP contribution in [-0.2, 0) is 4.79 Å². The van der Waals surface area contributed by atoms with Gasteiger partial charge in [0.05, 0.1) is 16.3 Å². The van der Waals surface area contributed by atoms with Crippen molar-refractivity contribution in [2.45, 2.75) is 32.1 Å². The molecule has 0 radical (unpaired) electrons. The highest BCUT2D eigenvalue weighted by molar-refractivity contribution is 6.34. The van der Waals surface area contributed by atoms with Gasteiger partial charge < -0.3 is 10.4 Å². The Bertz CT molecular complexity index is 587. The van der Waals surface area contributed by atoms with Crippen molar-refractivity contribution in [2.24, 2.45) is 17.8 Å². The molecule has 0 aromatic heterocycles. The molecule has 0 spiro atoms. The first-order valence-electron chi connectivity index (χ1n) is 7.36. The molecule has 4 nitrogen and oxygen atoms in total. The number of carbonyl (C=O) groups is 2. The smallest absolute Gasteiger partial charge is 0.337 e. The molecule has 2 saturated carbocycles. The number of carboxylic acid groups (broad SMARTS) is 1. The Labute approximate surface area is 128 Å². The van der Waals surface area contributed by atoms with Crippen molar-refractivity contribution in [2.75, 3.05) is 5.32 Å². The van der Waals surface area contributed by atoms with Gasteiger partial charge in [0, 0.05) is 6.42 Å². The summed E-state index contributed by atoms with van der Waals surface area (Å²) in [5.74, 6) is 0.684. The minimum Gasteiger partial charge on any atom is -0.478 e. The van der Waals surface area contributed by atoms with Crippen molar-refractivity contribution in [1.82, 2.24) is 0 Å². The Kier molecular flexibility index (Phi) is 3.89. The summed E-state index contributed by atoms with van der Waals surface area (Å²) in [6.45, 7) is 0. The van der Waals surface area contributed by atoms with Crippen LogP contribution in [0.25, 0.3) is 0 Å². The van der Waals surface area contributed by atoms with Gasteiger partial charge in [0.25, 0.3) is 0 Å². The Morgan fingerprint density at radius 3 is 2.71 bits per heavy atom. The van der Waals surface area contributed by atoms with E-state index in [9.17, 15) is 9.59 Å². The Balaban J connectivity index is 1.69. The number of carboxylic acids is 1. The minimum absolute atomic E-state index is 0.0313. The summed E-state index contributed by atoms with van der Waals surface area (Å²) in [6.07, 6.45) is 5.38. The first-order valence-corrected chi connectivity index (χ1v) is 7.74. The summed E-state index contributed by atoms with van der Waals surface area (Å²) in [4.78, 5) is 23.4. The van der Waals surface area contributed by atoms with E-state index in [1.54, 1.807) is 12.1 Å². The lowest BCUT2D eigenvalue weighted by Gasteiger charge is -2.21. The molecule has 3 rings (SSSR count). The minimum atomic E-state index is -1.09. The van der Waals surface area contributed by atoms with Crippen LogP contribution in [0.3, 0.4) is 0 Å². The highest BCUT2D eigenvalue weighted by Gasteiger charge is 2.40. The van der Waals surface area contributed by atoms with Gasteiger partial charge in [0.1, 0.15) is 0 Å². The maximum Gasteiger partial charge on any atom is 0.337 e. The molecule has 2 fully saturated rings. The number of fused-ring (bicyclic) bond motifs is 2. The summed E-state index contributed by atoms with van der Waals surface area (Å²) in [5.41, 5.74) is 0.239. The van der Waals surface area contributed by atoms with E-state index < -0.39 is 5.97 Å². The molecular weight excluding hydrogens is 290 g/mol. The second kappa shape index (κ2) is 5.68. The van der Waals surface area contributed by atoms with E-state index in [2.05, 4.69) is 5.32 Å². The Morgan fingerprint density at radius 2 is 2.10 bits per heavy atom. The lowest BCUT2D eigenvalue weighted by Crippen LogP contribution is -2.21. The number of amides is 1. The standard InChI is InChI=1S/C16H18ClNO3/c17-13-3-1-2-12(16(20)21)15(13)18-14(19)8-11-7-9-4-5-10(11)6-9/h1-3,9-11H,4-8H2,(H,18,19)(H,20,21). The van der Waals surface area contributed by atoms with Crippen LogP contribution in [-0.4, -0.2) is 17.0 Å². The summed E-state index contributed by atoms with van der Waals surface area (Å²) in [7, 11) is 0. The number of anilines is 1. The highest BCUT2D eigenvalue weighted by Crippen LogP contribution is 2.49. The molecule has 3 atom stereocenters. The van der Waals surface area contributed by atoms with Crippen LogP contribution in [0.4, 0.5) is 5.69 Å². The van der Waals surface area contributed by atoms with Crippen molar-refractivity contribution in [3.8, 4) is 0 Å². The SMILES string of the molecule is O=C(CC1CC2CCC1C2)Nc1c(Cl)cccc1C(=O)O. The van der Waals surface area contributed by atoms with Gasteiger partial charge in [0.15, 0.2) is 0 Å². The van der Waals surface area contributed by atoms with Crippen molar-refractivity contribution in [3.05, 3.63) is 28.8 Å². The van der Waals surface area contributed by atoms with Gasteiger partial charge in [-0.2, -0.15) is 0 Å². The molecule has 21 heavy (non-hydrogen) atoms. The molecule has 2 bridgehead atoms. The molecule has 1 aromatic carbocycles. The molecule has 2 N–H and O–H groups in total. The number of aromatic carboxylic acids is 1. The van der Waals surface area contributed by atoms with Crippen LogP contribution in [0.2, 0.25) is 5.02 Å². The summed E-state index contributed by atoms with van der Waals surface area (Å²) in [6, 6.07) is 4.60. The molecule has 1 amide bonds. The van der Waals surface area contributed by atoms with E-state index >= 15 is 0 Å². The van der Waals surface area contributed by atoms with E-state index in [0.717, 1.165) is 12.3 Å². The van der Waals surface area contributed by atoms with Gasteiger partial charge in [0.2, 0.25) is 5.91 Å². The second-order valence-corrected chi connectivity index (χ2v) is 6.56. The topological polar surface area (TPSA) is 66.4 Å². The number of carbonyl (C=O) groups excluding carboxylic acids is 1. The lowest BCUT2D eigenvalue weighted by atomic mass is 9.86. The van der Waals surface area contributed by atoms with Crippen molar-refractivity contribution in [1.29, 1.82) is 0 Å². The Hall–Kier alpha value is -1.55. The monoisotopic (exact) mass is 307 g/mol. The van der Waals surface area contributed by atoms with E-state index in [1.165, 1.54) is 25.3 Å². The van der Waals surface area contributed by atoms with Gasteiger partial charge in [-0.05, 0) is 49.1 Å². The fraction of sp³-hybridized carbons (Fsp3) is 0.500. The number of hydrogen-bond donors (Lipinski definition) is 2. The fourth-order valence-electron chi connectivity index (χ4n) is 3.88. The zero-order chi connectivity index (χ0) is 15.0. The molecule has 0 aliphatic heterocycles. The van der Waals surface area contributed by atoms with Gasteiger partial charge in [-0.1, -0.05) is 24.1 Å². The van der Waals surface area contributed by atoms with Crippen LogP contribution >= 0.6 is 11.6 Å². The van der Waals surface area contributed by atoms with Gasteiger partial charge in [-0.15, -0.1) is 0 Å². The van der Waals surface area contributed by atoms with E-state index in [4.69, 9.17) is 16.7 Å².